The summed E-state index contributed by atoms with van der Waals surface area (Å²) in [6.45, 7) is 2.63. The molecule has 0 amide bonds. The molecule has 0 unspecified atom stereocenters. The first kappa shape index (κ1) is 22.6. The van der Waals surface area contributed by atoms with Crippen LogP contribution < -0.4 is 15.4 Å². The average Bonchev–Trinajstić information content (AvgIpc) is 3.20. The summed E-state index contributed by atoms with van der Waals surface area (Å²) in [5.41, 5.74) is 2.36. The molecule has 0 fully saturated rings. The zero-order valence-electron chi connectivity index (χ0n) is 16.5. The second kappa shape index (κ2) is 10.7. The molecule has 3 rings (SSSR count). The van der Waals surface area contributed by atoms with E-state index in [2.05, 4.69) is 30.8 Å². The lowest BCUT2D eigenvalue weighted by atomic mass is 10.1. The van der Waals surface area contributed by atoms with Gasteiger partial charge in [-0.2, -0.15) is 5.10 Å². The summed E-state index contributed by atoms with van der Waals surface area (Å²) in [5, 5.41) is 13.5. The van der Waals surface area contributed by atoms with Gasteiger partial charge in [0.15, 0.2) is 11.8 Å². The first-order valence-electron chi connectivity index (χ1n) is 8.84. The number of rotatable bonds is 6. The maximum absolute atomic E-state index is 13.6. The predicted octanol–water partition coefficient (Wildman–Crippen LogP) is 3.41. The molecule has 0 atom stereocenters. The fraction of sp³-hybridized carbons (Fsp3) is 0.250. The minimum absolute atomic E-state index is 0. The molecule has 7 nitrogen and oxygen atoms in total. The Balaban J connectivity index is 0.00000300. The van der Waals surface area contributed by atoms with Gasteiger partial charge >= 0.3 is 0 Å². The van der Waals surface area contributed by atoms with E-state index >= 15 is 0 Å². The second-order valence-corrected chi connectivity index (χ2v) is 6.20. The number of methoxy groups -OCH3 is 1. The first-order chi connectivity index (χ1) is 13.6. The van der Waals surface area contributed by atoms with Gasteiger partial charge in [0.2, 0.25) is 0 Å². The van der Waals surface area contributed by atoms with Crippen molar-refractivity contribution in [2.75, 3.05) is 14.2 Å². The van der Waals surface area contributed by atoms with Gasteiger partial charge in [-0.15, -0.1) is 24.0 Å². The highest BCUT2D eigenvalue weighted by Gasteiger charge is 2.07. The molecule has 29 heavy (non-hydrogen) atoms. The summed E-state index contributed by atoms with van der Waals surface area (Å²) in [4.78, 5) is 8.65. The number of hydrogen-bond donors (Lipinski definition) is 3. The van der Waals surface area contributed by atoms with Gasteiger partial charge in [-0.05, 0) is 48.4 Å². The molecule has 0 spiro atoms. The largest absolute Gasteiger partial charge is 0.497 e. The molecular formula is C20H24FIN6O. The molecule has 3 N–H and O–H groups in total. The van der Waals surface area contributed by atoms with Crippen LogP contribution in [0, 0.1) is 12.7 Å². The van der Waals surface area contributed by atoms with Crippen molar-refractivity contribution in [2.24, 2.45) is 4.99 Å². The molecule has 0 aliphatic carbocycles. The molecule has 1 aromatic heterocycles. The highest BCUT2D eigenvalue weighted by molar-refractivity contribution is 14.0. The van der Waals surface area contributed by atoms with Crippen molar-refractivity contribution < 1.29 is 9.13 Å². The SMILES string of the molecule is CN=C(NCc1ccc(C)c(F)c1)NCc1nc(-c2ccc(OC)cc2)n[nH]1.I. The van der Waals surface area contributed by atoms with Crippen LogP contribution in [0.4, 0.5) is 4.39 Å². The Labute approximate surface area is 186 Å². The number of aryl methyl sites for hydroxylation is 1. The molecular weight excluding hydrogens is 486 g/mol. The van der Waals surface area contributed by atoms with Crippen molar-refractivity contribution in [1.29, 1.82) is 0 Å². The van der Waals surface area contributed by atoms with Crippen LogP contribution in [0.15, 0.2) is 47.5 Å². The van der Waals surface area contributed by atoms with E-state index in [9.17, 15) is 4.39 Å². The Kier molecular flexibility index (Phi) is 8.37. The molecule has 2 aromatic carbocycles. The Morgan fingerprint density at radius 3 is 2.52 bits per heavy atom. The lowest BCUT2D eigenvalue weighted by Gasteiger charge is -2.11. The van der Waals surface area contributed by atoms with Gasteiger partial charge in [-0.25, -0.2) is 9.37 Å². The average molecular weight is 510 g/mol. The first-order valence-corrected chi connectivity index (χ1v) is 8.84. The zero-order valence-corrected chi connectivity index (χ0v) is 18.8. The zero-order chi connectivity index (χ0) is 19.9. The summed E-state index contributed by atoms with van der Waals surface area (Å²) in [7, 11) is 3.30. The number of aromatic nitrogens is 3. The van der Waals surface area contributed by atoms with Crippen LogP contribution in [0.2, 0.25) is 0 Å². The van der Waals surface area contributed by atoms with E-state index < -0.39 is 0 Å². The molecule has 154 valence electrons. The number of benzene rings is 2. The third kappa shape index (κ3) is 6.14. The smallest absolute Gasteiger partial charge is 0.191 e. The van der Waals surface area contributed by atoms with E-state index in [1.807, 2.05) is 30.3 Å². The lowest BCUT2D eigenvalue weighted by Crippen LogP contribution is -2.36. The van der Waals surface area contributed by atoms with Gasteiger partial charge in [-0.3, -0.25) is 10.1 Å². The number of nitrogens with one attached hydrogen (secondary N) is 3. The molecule has 0 aliphatic heterocycles. The molecule has 3 aromatic rings. The van der Waals surface area contributed by atoms with Crippen molar-refractivity contribution >= 4 is 29.9 Å². The highest BCUT2D eigenvalue weighted by Crippen LogP contribution is 2.18. The summed E-state index contributed by atoms with van der Waals surface area (Å²) in [5.74, 6) is 2.44. The van der Waals surface area contributed by atoms with Crippen LogP contribution in [0.5, 0.6) is 5.75 Å². The van der Waals surface area contributed by atoms with Crippen LogP contribution in [0.3, 0.4) is 0 Å². The van der Waals surface area contributed by atoms with Gasteiger partial charge in [0, 0.05) is 19.2 Å². The Morgan fingerprint density at radius 1 is 1.14 bits per heavy atom. The van der Waals surface area contributed by atoms with Crippen LogP contribution in [-0.2, 0) is 13.1 Å². The maximum Gasteiger partial charge on any atom is 0.191 e. The van der Waals surface area contributed by atoms with Gasteiger partial charge in [0.1, 0.15) is 17.4 Å². The van der Waals surface area contributed by atoms with E-state index in [0.717, 1.165) is 16.9 Å². The standard InChI is InChI=1S/C20H23FN6O.HI/c1-13-4-5-14(10-17(13)21)11-23-20(22-2)24-12-18-25-19(27-26-18)15-6-8-16(28-3)9-7-15;/h4-10H,11-12H2,1-3H3,(H2,22,23,24)(H,25,26,27);1H. The topological polar surface area (TPSA) is 87.2 Å². The number of aliphatic imine (C=N–C) groups is 1. The fourth-order valence-corrected chi connectivity index (χ4v) is 2.56. The lowest BCUT2D eigenvalue weighted by molar-refractivity contribution is 0.415. The third-order valence-electron chi connectivity index (χ3n) is 4.22. The quantitative estimate of drug-likeness (QED) is 0.269. The van der Waals surface area contributed by atoms with Crippen molar-refractivity contribution in [3.05, 3.63) is 65.2 Å². The van der Waals surface area contributed by atoms with E-state index in [0.29, 0.717) is 36.3 Å². The van der Waals surface area contributed by atoms with Crippen LogP contribution in [0.25, 0.3) is 11.4 Å². The number of nitrogens with zero attached hydrogens (tertiary/aromatic N) is 3. The van der Waals surface area contributed by atoms with Crippen molar-refractivity contribution in [3.63, 3.8) is 0 Å². The van der Waals surface area contributed by atoms with Crippen LogP contribution >= 0.6 is 24.0 Å². The number of halogens is 2. The van der Waals surface area contributed by atoms with Crippen LogP contribution in [0.1, 0.15) is 17.0 Å². The van der Waals surface area contributed by atoms with Gasteiger partial charge in [0.25, 0.3) is 0 Å². The molecule has 0 saturated carbocycles. The summed E-state index contributed by atoms with van der Waals surface area (Å²) in [6.07, 6.45) is 0. The van der Waals surface area contributed by atoms with Crippen molar-refractivity contribution in [2.45, 2.75) is 20.0 Å². The number of H-pyrrole nitrogens is 1. The summed E-state index contributed by atoms with van der Waals surface area (Å²) < 4.78 is 18.8. The molecule has 0 radical (unpaired) electrons. The number of hydrogen-bond acceptors (Lipinski definition) is 4. The molecule has 0 aliphatic rings. The fourth-order valence-electron chi connectivity index (χ4n) is 2.56. The molecule has 1 heterocycles. The predicted molar refractivity (Wildman–Crippen MR) is 122 cm³/mol. The third-order valence-corrected chi connectivity index (χ3v) is 4.22. The molecule has 0 saturated heterocycles. The Bertz CT molecular complexity index is 958. The Morgan fingerprint density at radius 2 is 1.86 bits per heavy atom. The highest BCUT2D eigenvalue weighted by atomic mass is 127. The molecule has 9 heteroatoms. The summed E-state index contributed by atoms with van der Waals surface area (Å²) >= 11 is 0. The minimum Gasteiger partial charge on any atom is -0.497 e. The van der Waals surface area contributed by atoms with E-state index in [1.165, 1.54) is 6.07 Å². The minimum atomic E-state index is -0.213. The normalized spacial score (nSPS) is 11.0. The molecule has 0 bridgehead atoms. The monoisotopic (exact) mass is 510 g/mol. The maximum atomic E-state index is 13.6. The van der Waals surface area contributed by atoms with Crippen LogP contribution in [-0.4, -0.2) is 35.3 Å². The van der Waals surface area contributed by atoms with E-state index in [4.69, 9.17) is 4.74 Å². The van der Waals surface area contributed by atoms with Crippen molar-refractivity contribution in [3.8, 4) is 17.1 Å². The van der Waals surface area contributed by atoms with E-state index in [-0.39, 0.29) is 29.8 Å². The van der Waals surface area contributed by atoms with E-state index in [1.54, 1.807) is 27.1 Å². The number of guanidine groups is 1. The number of aromatic amines is 1. The second-order valence-electron chi connectivity index (χ2n) is 6.20. The van der Waals surface area contributed by atoms with Gasteiger partial charge < -0.3 is 15.4 Å². The summed E-state index contributed by atoms with van der Waals surface area (Å²) in [6, 6.07) is 12.7. The van der Waals surface area contributed by atoms with Gasteiger partial charge in [-0.1, -0.05) is 12.1 Å². The van der Waals surface area contributed by atoms with Gasteiger partial charge in [0.05, 0.1) is 13.7 Å². The Hall–Kier alpha value is -2.69. The van der Waals surface area contributed by atoms with Crippen molar-refractivity contribution in [1.82, 2.24) is 25.8 Å². The number of ether oxygens (including phenoxy) is 1.